The van der Waals surface area contributed by atoms with Crippen LogP contribution in [0, 0.1) is 0 Å². The molecule has 1 aromatic rings. The lowest BCUT2D eigenvalue weighted by Gasteiger charge is -2.25. The Bertz CT molecular complexity index is 426. The smallest absolute Gasteiger partial charge is 0.408 e. The van der Waals surface area contributed by atoms with Gasteiger partial charge in [-0.15, -0.1) is 0 Å². The number of hydrogen-bond donors (Lipinski definition) is 2. The summed E-state index contributed by atoms with van der Waals surface area (Å²) in [5.41, 5.74) is 0.578. The minimum absolute atomic E-state index is 0.102. The number of carbonyl (C=O) groups excluding carboxylic acids is 1. The molecule has 21 heavy (non-hydrogen) atoms. The number of carbonyl (C=O) groups is 1. The molecule has 0 saturated heterocycles. The first-order chi connectivity index (χ1) is 9.81. The fraction of sp³-hybridized carbons (Fsp3) is 0.588. The molecule has 0 saturated carbocycles. The molecule has 0 aliphatic rings. The van der Waals surface area contributed by atoms with Gasteiger partial charge in [-0.3, -0.25) is 0 Å². The topological polar surface area (TPSA) is 50.4 Å². The summed E-state index contributed by atoms with van der Waals surface area (Å²) in [6.07, 6.45) is 0.663. The van der Waals surface area contributed by atoms with E-state index in [1.54, 1.807) is 0 Å². The summed E-state index contributed by atoms with van der Waals surface area (Å²) in [6, 6.07) is 10.3. The number of hydrogen-bond acceptors (Lipinski definition) is 3. The van der Waals surface area contributed by atoms with Gasteiger partial charge in [0.05, 0.1) is 6.04 Å². The monoisotopic (exact) mass is 292 g/mol. The highest BCUT2D eigenvalue weighted by Gasteiger charge is 2.20. The largest absolute Gasteiger partial charge is 0.444 e. The first kappa shape index (κ1) is 17.5. The quantitative estimate of drug-likeness (QED) is 0.841. The Morgan fingerprint density at radius 3 is 2.38 bits per heavy atom. The van der Waals surface area contributed by atoms with E-state index in [-0.39, 0.29) is 12.1 Å². The Balaban J connectivity index is 2.71. The highest BCUT2D eigenvalue weighted by molar-refractivity contribution is 5.68. The van der Waals surface area contributed by atoms with Gasteiger partial charge in [-0.1, -0.05) is 37.3 Å². The summed E-state index contributed by atoms with van der Waals surface area (Å²) < 4.78 is 5.35. The van der Waals surface area contributed by atoms with Crippen LogP contribution in [-0.4, -0.2) is 24.3 Å². The number of benzene rings is 1. The van der Waals surface area contributed by atoms with Crippen molar-refractivity contribution in [3.8, 4) is 0 Å². The summed E-state index contributed by atoms with van der Waals surface area (Å²) in [7, 11) is 0. The first-order valence-electron chi connectivity index (χ1n) is 7.59. The summed E-state index contributed by atoms with van der Waals surface area (Å²) in [6.45, 7) is 10.5. The van der Waals surface area contributed by atoms with E-state index in [0.29, 0.717) is 12.6 Å². The maximum Gasteiger partial charge on any atom is 0.408 e. The minimum Gasteiger partial charge on any atom is -0.444 e. The molecular formula is C17H28N2O2. The van der Waals surface area contributed by atoms with Crippen LogP contribution in [0.25, 0.3) is 0 Å². The maximum atomic E-state index is 12.0. The van der Waals surface area contributed by atoms with Crippen molar-refractivity contribution in [1.82, 2.24) is 10.6 Å². The maximum absolute atomic E-state index is 12.0. The molecule has 0 aliphatic heterocycles. The van der Waals surface area contributed by atoms with Crippen LogP contribution in [0.4, 0.5) is 4.79 Å². The average molecular weight is 292 g/mol. The molecule has 1 rings (SSSR count). The average Bonchev–Trinajstić information content (AvgIpc) is 2.42. The van der Waals surface area contributed by atoms with E-state index >= 15 is 0 Å². The third-order valence-corrected chi connectivity index (χ3v) is 3.18. The van der Waals surface area contributed by atoms with E-state index in [2.05, 4.69) is 24.5 Å². The molecule has 0 aliphatic carbocycles. The second-order valence-corrected chi connectivity index (χ2v) is 6.33. The van der Waals surface area contributed by atoms with Crippen LogP contribution in [0.1, 0.15) is 52.6 Å². The molecule has 2 atom stereocenters. The predicted molar refractivity (Wildman–Crippen MR) is 86.3 cm³/mol. The van der Waals surface area contributed by atoms with E-state index in [0.717, 1.165) is 12.0 Å². The molecule has 0 spiro atoms. The number of rotatable bonds is 6. The Labute approximate surface area is 128 Å². The molecule has 2 unspecified atom stereocenters. The molecule has 0 radical (unpaired) electrons. The number of ether oxygens (including phenoxy) is 1. The summed E-state index contributed by atoms with van der Waals surface area (Å²) in [5.74, 6) is 0. The van der Waals surface area contributed by atoms with E-state index in [4.69, 9.17) is 4.74 Å². The van der Waals surface area contributed by atoms with Crippen molar-refractivity contribution in [2.45, 2.75) is 58.7 Å². The lowest BCUT2D eigenvalue weighted by molar-refractivity contribution is 0.0502. The third-order valence-electron chi connectivity index (χ3n) is 3.18. The molecule has 0 heterocycles. The van der Waals surface area contributed by atoms with Crippen molar-refractivity contribution in [2.24, 2.45) is 0 Å². The second kappa shape index (κ2) is 8.03. The molecule has 0 fully saturated rings. The van der Waals surface area contributed by atoms with E-state index in [1.807, 2.05) is 51.1 Å². The van der Waals surface area contributed by atoms with Crippen molar-refractivity contribution < 1.29 is 9.53 Å². The molecule has 0 bridgehead atoms. The van der Waals surface area contributed by atoms with Gasteiger partial charge >= 0.3 is 6.09 Å². The Kier molecular flexibility index (Phi) is 6.69. The zero-order valence-corrected chi connectivity index (χ0v) is 13.8. The van der Waals surface area contributed by atoms with Crippen molar-refractivity contribution in [3.63, 3.8) is 0 Å². The lowest BCUT2D eigenvalue weighted by atomic mass is 10.1. The van der Waals surface area contributed by atoms with Crippen LogP contribution in [0.3, 0.4) is 0 Å². The van der Waals surface area contributed by atoms with Gasteiger partial charge in [-0.25, -0.2) is 4.79 Å². The van der Waals surface area contributed by atoms with Gasteiger partial charge in [0.25, 0.3) is 0 Å². The van der Waals surface area contributed by atoms with Crippen molar-refractivity contribution in [1.29, 1.82) is 0 Å². The summed E-state index contributed by atoms with van der Waals surface area (Å²) in [4.78, 5) is 12.0. The van der Waals surface area contributed by atoms with Crippen molar-refractivity contribution in [3.05, 3.63) is 35.9 Å². The van der Waals surface area contributed by atoms with Crippen LogP contribution < -0.4 is 10.6 Å². The van der Waals surface area contributed by atoms with Crippen LogP contribution in [-0.2, 0) is 4.74 Å². The number of nitrogens with one attached hydrogen (secondary N) is 2. The zero-order valence-electron chi connectivity index (χ0n) is 13.8. The van der Waals surface area contributed by atoms with Crippen LogP contribution in [0.15, 0.2) is 30.3 Å². The minimum atomic E-state index is -0.491. The molecule has 2 N–H and O–H groups in total. The SMILES string of the molecule is CCC(C)NCC(NC(=O)OC(C)(C)C)c1ccccc1. The van der Waals surface area contributed by atoms with Gasteiger partial charge in [-0.2, -0.15) is 0 Å². The lowest BCUT2D eigenvalue weighted by Crippen LogP contribution is -2.40. The van der Waals surface area contributed by atoms with Crippen LogP contribution in [0.2, 0.25) is 0 Å². The summed E-state index contributed by atoms with van der Waals surface area (Å²) >= 11 is 0. The number of alkyl carbamates (subject to hydrolysis) is 1. The summed E-state index contributed by atoms with van der Waals surface area (Å²) in [5, 5.41) is 6.37. The second-order valence-electron chi connectivity index (χ2n) is 6.33. The normalized spacial score (nSPS) is 14.3. The molecule has 1 amide bonds. The van der Waals surface area contributed by atoms with Crippen LogP contribution in [0.5, 0.6) is 0 Å². The molecule has 4 nitrogen and oxygen atoms in total. The van der Waals surface area contributed by atoms with Crippen molar-refractivity contribution >= 4 is 6.09 Å². The van der Waals surface area contributed by atoms with E-state index in [1.165, 1.54) is 0 Å². The highest BCUT2D eigenvalue weighted by Crippen LogP contribution is 2.14. The van der Waals surface area contributed by atoms with Crippen LogP contribution >= 0.6 is 0 Å². The van der Waals surface area contributed by atoms with Gasteiger partial charge < -0.3 is 15.4 Å². The first-order valence-corrected chi connectivity index (χ1v) is 7.59. The van der Waals surface area contributed by atoms with Gasteiger partial charge in [0, 0.05) is 12.6 Å². The Morgan fingerprint density at radius 1 is 1.24 bits per heavy atom. The molecule has 1 aromatic carbocycles. The predicted octanol–water partition coefficient (Wildman–Crippen LogP) is 3.64. The Hall–Kier alpha value is -1.55. The Morgan fingerprint density at radius 2 is 1.86 bits per heavy atom. The van der Waals surface area contributed by atoms with Crippen molar-refractivity contribution in [2.75, 3.05) is 6.54 Å². The van der Waals surface area contributed by atoms with Gasteiger partial charge in [-0.05, 0) is 39.7 Å². The van der Waals surface area contributed by atoms with E-state index < -0.39 is 5.60 Å². The molecule has 0 aromatic heterocycles. The number of amides is 1. The fourth-order valence-corrected chi connectivity index (χ4v) is 1.85. The zero-order chi connectivity index (χ0) is 15.9. The molecular weight excluding hydrogens is 264 g/mol. The van der Waals surface area contributed by atoms with Gasteiger partial charge in [0.15, 0.2) is 0 Å². The molecule has 4 heteroatoms. The fourth-order valence-electron chi connectivity index (χ4n) is 1.85. The highest BCUT2D eigenvalue weighted by atomic mass is 16.6. The standard InChI is InChI=1S/C17H28N2O2/c1-6-13(2)18-12-15(14-10-8-7-9-11-14)19-16(20)21-17(3,4)5/h7-11,13,15,18H,6,12H2,1-5H3,(H,19,20). The van der Waals surface area contributed by atoms with Gasteiger partial charge in [0.2, 0.25) is 0 Å². The molecule has 118 valence electrons. The third kappa shape index (κ3) is 7.14. The van der Waals surface area contributed by atoms with E-state index in [9.17, 15) is 4.79 Å². The van der Waals surface area contributed by atoms with Gasteiger partial charge in [0.1, 0.15) is 5.60 Å².